The quantitative estimate of drug-likeness (QED) is 0.413. The summed E-state index contributed by atoms with van der Waals surface area (Å²) in [4.78, 5) is 12.2. The van der Waals surface area contributed by atoms with Crippen LogP contribution in [0.15, 0.2) is 66.7 Å². The Morgan fingerprint density at radius 3 is 2.12 bits per heavy atom. The van der Waals surface area contributed by atoms with Crippen LogP contribution in [0.1, 0.15) is 16.7 Å². The van der Waals surface area contributed by atoms with Crippen LogP contribution >= 0.6 is 0 Å². The first-order valence-corrected chi connectivity index (χ1v) is 10.5. The van der Waals surface area contributed by atoms with E-state index in [1.807, 2.05) is 60.7 Å². The van der Waals surface area contributed by atoms with Crippen molar-refractivity contribution in [1.82, 2.24) is 5.32 Å². The normalized spacial score (nSPS) is 10.8. The Bertz CT molecular complexity index is 1090. The van der Waals surface area contributed by atoms with Gasteiger partial charge in [-0.1, -0.05) is 36.4 Å². The number of nitrogens with one attached hydrogen (secondary N) is 2. The molecule has 33 heavy (non-hydrogen) atoms. The van der Waals surface area contributed by atoms with Crippen LogP contribution < -0.4 is 30.6 Å². The number of amides is 1. The first-order chi connectivity index (χ1) is 16.0. The van der Waals surface area contributed by atoms with Gasteiger partial charge in [0.15, 0.2) is 17.2 Å². The Hall–Kier alpha value is -3.81. The van der Waals surface area contributed by atoms with Gasteiger partial charge in [0.1, 0.15) is 5.69 Å². The molecule has 0 aromatic heterocycles. The van der Waals surface area contributed by atoms with Crippen molar-refractivity contribution in [2.75, 3.05) is 26.6 Å². The molecule has 3 aromatic rings. The summed E-state index contributed by atoms with van der Waals surface area (Å²) in [5.41, 5.74) is 8.50. The van der Waals surface area contributed by atoms with Crippen LogP contribution in [-0.4, -0.2) is 27.2 Å². The number of para-hydroxylation sites is 1. The highest BCUT2D eigenvalue weighted by molar-refractivity contribution is 6.03. The number of carbonyl (C=O) groups excluding carboxylic acids is 1. The maximum atomic E-state index is 12.2. The van der Waals surface area contributed by atoms with E-state index in [9.17, 15) is 4.79 Å². The minimum atomic E-state index is -0.192. The van der Waals surface area contributed by atoms with Crippen LogP contribution in [-0.2, 0) is 17.9 Å². The van der Waals surface area contributed by atoms with E-state index >= 15 is 0 Å². The Labute approximate surface area is 194 Å². The highest BCUT2D eigenvalue weighted by atomic mass is 16.5. The third-order valence-electron chi connectivity index (χ3n) is 5.06. The van der Waals surface area contributed by atoms with Crippen molar-refractivity contribution < 1.29 is 24.7 Å². The van der Waals surface area contributed by atoms with Gasteiger partial charge in [-0.25, -0.2) is 0 Å². The lowest BCUT2D eigenvalue weighted by molar-refractivity contribution is -0.253. The molecule has 1 amide bonds. The molecule has 0 saturated carbocycles. The van der Waals surface area contributed by atoms with Gasteiger partial charge < -0.3 is 30.6 Å². The number of methoxy groups -OCH3 is 3. The van der Waals surface area contributed by atoms with Gasteiger partial charge in [-0.05, 0) is 41.0 Å². The van der Waals surface area contributed by atoms with Crippen molar-refractivity contribution in [3.63, 3.8) is 0 Å². The van der Waals surface area contributed by atoms with Gasteiger partial charge in [-0.3, -0.25) is 4.79 Å². The summed E-state index contributed by atoms with van der Waals surface area (Å²) in [7, 11) is 4.80. The number of rotatable bonds is 10. The second kappa shape index (κ2) is 11.7. The van der Waals surface area contributed by atoms with E-state index in [-0.39, 0.29) is 5.91 Å². The molecule has 7 nitrogen and oxygen atoms in total. The third kappa shape index (κ3) is 6.58. The molecule has 0 bridgehead atoms. The van der Waals surface area contributed by atoms with Gasteiger partial charge in [0.2, 0.25) is 11.7 Å². The molecule has 0 aliphatic carbocycles. The van der Waals surface area contributed by atoms with Crippen molar-refractivity contribution in [2.24, 2.45) is 0 Å². The van der Waals surface area contributed by atoms with Crippen LogP contribution in [0.2, 0.25) is 0 Å². The number of hydrogen-bond donors (Lipinski definition) is 3. The van der Waals surface area contributed by atoms with Gasteiger partial charge in [0.25, 0.3) is 0 Å². The van der Waals surface area contributed by atoms with E-state index in [1.54, 1.807) is 27.4 Å². The Balaban J connectivity index is 1.53. The summed E-state index contributed by atoms with van der Waals surface area (Å²) in [5, 5.41) is 6.26. The summed E-state index contributed by atoms with van der Waals surface area (Å²) in [6, 6.07) is 19.3. The fourth-order valence-corrected chi connectivity index (χ4v) is 3.32. The Kier molecular flexibility index (Phi) is 8.46. The molecule has 0 heterocycles. The zero-order valence-corrected chi connectivity index (χ0v) is 19.2. The van der Waals surface area contributed by atoms with Crippen molar-refractivity contribution in [3.8, 4) is 17.2 Å². The predicted octanol–water partition coefficient (Wildman–Crippen LogP) is 3.53. The molecule has 0 fully saturated rings. The van der Waals surface area contributed by atoms with Crippen molar-refractivity contribution >= 4 is 23.4 Å². The summed E-state index contributed by atoms with van der Waals surface area (Å²) in [6.07, 6.45) is 3.30. The minimum Gasteiger partial charge on any atom is -0.493 e. The number of carbonyl (C=O) groups is 1. The SMILES string of the molecule is COc1cc(CNCc2ccc(C=CC(=O)Nc3ccccc3[NH3+])cc2)cc(OC)c1OC. The molecule has 0 unspecified atom stereocenters. The van der Waals surface area contributed by atoms with Crippen LogP contribution in [0, 0.1) is 0 Å². The Morgan fingerprint density at radius 1 is 0.879 bits per heavy atom. The number of ether oxygens (including phenoxy) is 3. The second-order valence-corrected chi connectivity index (χ2v) is 7.36. The topological polar surface area (TPSA) is 96.5 Å². The predicted molar refractivity (Wildman–Crippen MR) is 130 cm³/mol. The van der Waals surface area contributed by atoms with Gasteiger partial charge in [0, 0.05) is 25.2 Å². The van der Waals surface area contributed by atoms with Gasteiger partial charge >= 0.3 is 0 Å². The van der Waals surface area contributed by atoms with Gasteiger partial charge in [-0.2, -0.15) is 0 Å². The number of benzene rings is 3. The lowest BCUT2D eigenvalue weighted by Gasteiger charge is -2.14. The third-order valence-corrected chi connectivity index (χ3v) is 5.06. The first kappa shape index (κ1) is 23.8. The average molecular weight is 449 g/mol. The summed E-state index contributed by atoms with van der Waals surface area (Å²) < 4.78 is 16.2. The molecule has 0 aliphatic heterocycles. The maximum Gasteiger partial charge on any atom is 0.248 e. The number of anilines is 1. The lowest BCUT2D eigenvalue weighted by Crippen LogP contribution is -2.41. The summed E-state index contributed by atoms with van der Waals surface area (Å²) >= 11 is 0. The average Bonchev–Trinajstić information content (AvgIpc) is 2.84. The number of hydrogen-bond acceptors (Lipinski definition) is 5. The monoisotopic (exact) mass is 448 g/mol. The molecule has 3 aromatic carbocycles. The highest BCUT2D eigenvalue weighted by Crippen LogP contribution is 2.38. The van der Waals surface area contributed by atoms with Crippen molar-refractivity contribution in [2.45, 2.75) is 13.1 Å². The van der Waals surface area contributed by atoms with Crippen LogP contribution in [0.5, 0.6) is 17.2 Å². The van der Waals surface area contributed by atoms with Gasteiger partial charge in [-0.15, -0.1) is 0 Å². The molecule has 0 saturated heterocycles. The lowest BCUT2D eigenvalue weighted by atomic mass is 10.1. The fraction of sp³-hybridized carbons (Fsp3) is 0.192. The van der Waals surface area contributed by atoms with E-state index in [1.165, 1.54) is 6.08 Å². The molecule has 5 N–H and O–H groups in total. The molecule has 0 radical (unpaired) electrons. The maximum absolute atomic E-state index is 12.2. The molecule has 0 aliphatic rings. The van der Waals surface area contributed by atoms with Crippen molar-refractivity contribution in [3.05, 3.63) is 83.4 Å². The standard InChI is InChI=1S/C26H29N3O4/c1-31-23-14-20(15-24(32-2)26(23)33-3)17-28-16-19-10-8-18(9-11-19)12-13-25(30)29-22-7-5-4-6-21(22)27/h4-15,28H,16-17,27H2,1-3H3,(H,29,30)/p+1. The summed E-state index contributed by atoms with van der Waals surface area (Å²) in [5.74, 6) is 1.65. The van der Waals surface area contributed by atoms with Crippen LogP contribution in [0.25, 0.3) is 6.08 Å². The van der Waals surface area contributed by atoms with Gasteiger partial charge in [0.05, 0.1) is 21.3 Å². The largest absolute Gasteiger partial charge is 0.493 e. The molecular weight excluding hydrogens is 418 g/mol. The minimum absolute atomic E-state index is 0.192. The molecule has 0 atom stereocenters. The molecule has 0 spiro atoms. The highest BCUT2D eigenvalue weighted by Gasteiger charge is 2.13. The first-order valence-electron chi connectivity index (χ1n) is 10.5. The van der Waals surface area contributed by atoms with E-state index in [0.29, 0.717) is 36.0 Å². The van der Waals surface area contributed by atoms with E-state index < -0.39 is 0 Å². The van der Waals surface area contributed by atoms with Crippen molar-refractivity contribution in [1.29, 1.82) is 0 Å². The van der Waals surface area contributed by atoms with Crippen LogP contribution in [0.4, 0.5) is 11.4 Å². The molecule has 3 rings (SSSR count). The zero-order valence-electron chi connectivity index (χ0n) is 19.2. The Morgan fingerprint density at radius 2 is 1.52 bits per heavy atom. The molecule has 7 heteroatoms. The van der Waals surface area contributed by atoms with E-state index in [0.717, 1.165) is 22.4 Å². The van der Waals surface area contributed by atoms with E-state index in [2.05, 4.69) is 16.4 Å². The fourth-order valence-electron chi connectivity index (χ4n) is 3.32. The zero-order chi connectivity index (χ0) is 23.6. The molecule has 172 valence electrons. The molecular formula is C26H30N3O4+. The van der Waals surface area contributed by atoms with E-state index in [4.69, 9.17) is 14.2 Å². The smallest absolute Gasteiger partial charge is 0.248 e. The number of quaternary nitrogens is 1. The van der Waals surface area contributed by atoms with Crippen LogP contribution in [0.3, 0.4) is 0 Å². The second-order valence-electron chi connectivity index (χ2n) is 7.36. The summed E-state index contributed by atoms with van der Waals surface area (Å²) in [6.45, 7) is 1.34.